The molecule has 0 aliphatic carbocycles. The maximum atomic E-state index is 11.6. The lowest BCUT2D eigenvalue weighted by atomic mass is 10.0. The smallest absolute Gasteiger partial charge is 0.155 e. The second-order valence-corrected chi connectivity index (χ2v) is 4.98. The van der Waals surface area contributed by atoms with E-state index >= 15 is 0 Å². The molecule has 2 nitrogen and oxygen atoms in total. The lowest BCUT2D eigenvalue weighted by molar-refractivity contribution is -0.114. The lowest BCUT2D eigenvalue weighted by Crippen LogP contribution is -1.87. The van der Waals surface area contributed by atoms with Crippen LogP contribution in [0.3, 0.4) is 0 Å². The second-order valence-electron chi connectivity index (χ2n) is 4.98. The van der Waals surface area contributed by atoms with E-state index in [2.05, 4.69) is 29.2 Å². The van der Waals surface area contributed by atoms with Crippen LogP contribution < -0.4 is 0 Å². The number of nitrogens with one attached hydrogen (secondary N) is 1. The van der Waals surface area contributed by atoms with Crippen LogP contribution in [0.1, 0.15) is 18.9 Å². The van der Waals surface area contributed by atoms with E-state index in [4.69, 9.17) is 0 Å². The molecule has 21 heavy (non-hydrogen) atoms. The fourth-order valence-corrected chi connectivity index (χ4v) is 2.46. The lowest BCUT2D eigenvalue weighted by Gasteiger charge is -2.00. The number of carbonyl (C=O) groups excluding carboxylic acids is 1. The van der Waals surface area contributed by atoms with Crippen LogP contribution in [-0.2, 0) is 4.79 Å². The van der Waals surface area contributed by atoms with Crippen molar-refractivity contribution in [2.24, 2.45) is 0 Å². The zero-order valence-electron chi connectivity index (χ0n) is 12.0. The maximum absolute atomic E-state index is 11.6. The summed E-state index contributed by atoms with van der Waals surface area (Å²) in [6.45, 7) is 1.88. The third-order valence-corrected chi connectivity index (χ3v) is 3.59. The highest BCUT2D eigenvalue weighted by molar-refractivity contribution is 6.01. The summed E-state index contributed by atoms with van der Waals surface area (Å²) in [6, 6.07) is 18.4. The SMILES string of the molecule is CCC(=O)/C=C/c1c(-c2ccccc2)[nH]c2ccccc12. The molecule has 0 fully saturated rings. The molecule has 0 unspecified atom stereocenters. The first-order valence-corrected chi connectivity index (χ1v) is 7.16. The fourth-order valence-electron chi connectivity index (χ4n) is 2.46. The normalized spacial score (nSPS) is 11.3. The van der Waals surface area contributed by atoms with Crippen molar-refractivity contribution in [1.29, 1.82) is 0 Å². The van der Waals surface area contributed by atoms with Gasteiger partial charge in [0.15, 0.2) is 5.78 Å². The van der Waals surface area contributed by atoms with Gasteiger partial charge in [0.05, 0.1) is 5.69 Å². The first-order valence-electron chi connectivity index (χ1n) is 7.16. The molecule has 104 valence electrons. The number of rotatable bonds is 4. The summed E-state index contributed by atoms with van der Waals surface area (Å²) in [6.07, 6.45) is 4.12. The number of para-hydroxylation sites is 1. The summed E-state index contributed by atoms with van der Waals surface area (Å²) < 4.78 is 0. The van der Waals surface area contributed by atoms with Crippen LogP contribution in [0.2, 0.25) is 0 Å². The Balaban J connectivity index is 2.19. The molecule has 0 saturated heterocycles. The summed E-state index contributed by atoms with van der Waals surface area (Å²) in [5.74, 6) is 0.138. The quantitative estimate of drug-likeness (QED) is 0.680. The number of hydrogen-bond donors (Lipinski definition) is 1. The van der Waals surface area contributed by atoms with Crippen LogP contribution in [0.25, 0.3) is 28.2 Å². The monoisotopic (exact) mass is 275 g/mol. The average molecular weight is 275 g/mol. The van der Waals surface area contributed by atoms with Gasteiger partial charge < -0.3 is 4.98 Å². The van der Waals surface area contributed by atoms with Crippen molar-refractivity contribution in [3.63, 3.8) is 0 Å². The average Bonchev–Trinajstić information content (AvgIpc) is 2.92. The van der Waals surface area contributed by atoms with E-state index in [1.54, 1.807) is 6.08 Å². The van der Waals surface area contributed by atoms with Crippen LogP contribution in [0.15, 0.2) is 60.7 Å². The number of fused-ring (bicyclic) bond motifs is 1. The van der Waals surface area contributed by atoms with Crippen LogP contribution in [-0.4, -0.2) is 10.8 Å². The van der Waals surface area contributed by atoms with E-state index < -0.39 is 0 Å². The van der Waals surface area contributed by atoms with Gasteiger partial charge >= 0.3 is 0 Å². The predicted octanol–water partition coefficient (Wildman–Crippen LogP) is 4.83. The highest BCUT2D eigenvalue weighted by atomic mass is 16.1. The molecule has 0 atom stereocenters. The minimum atomic E-state index is 0.138. The molecule has 0 aliphatic rings. The molecule has 3 aromatic rings. The van der Waals surface area contributed by atoms with Gasteiger partial charge in [0.1, 0.15) is 0 Å². The van der Waals surface area contributed by atoms with Crippen LogP contribution >= 0.6 is 0 Å². The Bertz CT molecular complexity index is 797. The Morgan fingerprint density at radius 2 is 1.76 bits per heavy atom. The molecule has 1 heterocycles. The molecule has 2 aromatic carbocycles. The minimum Gasteiger partial charge on any atom is -0.354 e. The fraction of sp³-hybridized carbons (Fsp3) is 0.105. The summed E-state index contributed by atoms with van der Waals surface area (Å²) in [4.78, 5) is 15.1. The first kappa shape index (κ1) is 13.4. The predicted molar refractivity (Wildman–Crippen MR) is 88.1 cm³/mol. The molecule has 0 radical (unpaired) electrons. The van der Waals surface area contributed by atoms with E-state index in [0.717, 1.165) is 27.7 Å². The molecule has 2 heteroatoms. The zero-order valence-corrected chi connectivity index (χ0v) is 12.0. The minimum absolute atomic E-state index is 0.138. The third-order valence-electron chi connectivity index (χ3n) is 3.59. The molecule has 0 amide bonds. The van der Waals surface area contributed by atoms with Crippen LogP contribution in [0.4, 0.5) is 0 Å². The molecule has 0 spiro atoms. The third kappa shape index (κ3) is 2.65. The van der Waals surface area contributed by atoms with Gasteiger partial charge in [0.2, 0.25) is 0 Å². The number of aromatic amines is 1. The van der Waals surface area contributed by atoms with E-state index in [1.165, 1.54) is 0 Å². The molecule has 1 N–H and O–H groups in total. The van der Waals surface area contributed by atoms with Gasteiger partial charge in [-0.15, -0.1) is 0 Å². The van der Waals surface area contributed by atoms with Crippen molar-refractivity contribution in [3.8, 4) is 11.3 Å². The van der Waals surface area contributed by atoms with Crippen molar-refractivity contribution in [2.45, 2.75) is 13.3 Å². The van der Waals surface area contributed by atoms with Crippen LogP contribution in [0, 0.1) is 0 Å². The number of benzene rings is 2. The van der Waals surface area contributed by atoms with Gasteiger partial charge in [-0.2, -0.15) is 0 Å². The Morgan fingerprint density at radius 3 is 2.52 bits per heavy atom. The van der Waals surface area contributed by atoms with E-state index in [1.807, 2.05) is 43.3 Å². The number of hydrogen-bond acceptors (Lipinski definition) is 1. The Labute approximate surface area is 124 Å². The number of H-pyrrole nitrogens is 1. The maximum Gasteiger partial charge on any atom is 0.155 e. The molecule has 0 bridgehead atoms. The summed E-state index contributed by atoms with van der Waals surface area (Å²) >= 11 is 0. The molecule has 0 saturated carbocycles. The van der Waals surface area contributed by atoms with Crippen molar-refractivity contribution in [3.05, 3.63) is 66.2 Å². The number of carbonyl (C=O) groups is 1. The highest BCUT2D eigenvalue weighted by Gasteiger charge is 2.10. The summed E-state index contributed by atoms with van der Waals surface area (Å²) in [5, 5.41) is 1.14. The van der Waals surface area contributed by atoms with E-state index in [-0.39, 0.29) is 5.78 Å². The van der Waals surface area contributed by atoms with Gasteiger partial charge in [0.25, 0.3) is 0 Å². The van der Waals surface area contributed by atoms with E-state index in [0.29, 0.717) is 6.42 Å². The summed E-state index contributed by atoms with van der Waals surface area (Å²) in [7, 11) is 0. The van der Waals surface area contributed by atoms with Crippen molar-refractivity contribution < 1.29 is 4.79 Å². The molecule has 3 rings (SSSR count). The van der Waals surface area contributed by atoms with Gasteiger partial charge in [0, 0.05) is 22.9 Å². The zero-order chi connectivity index (χ0) is 14.7. The van der Waals surface area contributed by atoms with Gasteiger partial charge in [-0.1, -0.05) is 55.5 Å². The number of aromatic nitrogens is 1. The largest absolute Gasteiger partial charge is 0.354 e. The van der Waals surface area contributed by atoms with Crippen molar-refractivity contribution in [2.75, 3.05) is 0 Å². The Hall–Kier alpha value is -2.61. The number of ketones is 1. The van der Waals surface area contributed by atoms with Crippen LogP contribution in [0.5, 0.6) is 0 Å². The van der Waals surface area contributed by atoms with Crippen molar-refractivity contribution in [1.82, 2.24) is 4.98 Å². The molecular formula is C19H17NO. The van der Waals surface area contributed by atoms with Gasteiger partial charge in [-0.3, -0.25) is 4.79 Å². The standard InChI is InChI=1S/C19H17NO/c1-2-15(21)12-13-17-16-10-6-7-11-18(16)20-19(17)14-8-4-3-5-9-14/h3-13,20H,2H2,1H3/b13-12+. The molecule has 0 aliphatic heterocycles. The van der Waals surface area contributed by atoms with Gasteiger partial charge in [-0.25, -0.2) is 0 Å². The molecular weight excluding hydrogens is 258 g/mol. The summed E-state index contributed by atoms with van der Waals surface area (Å²) in [5.41, 5.74) is 4.33. The second kappa shape index (κ2) is 5.80. The topological polar surface area (TPSA) is 32.9 Å². The first-order chi connectivity index (χ1) is 10.3. The Morgan fingerprint density at radius 1 is 1.05 bits per heavy atom. The Kier molecular flexibility index (Phi) is 3.69. The molecule has 1 aromatic heterocycles. The highest BCUT2D eigenvalue weighted by Crippen LogP contribution is 2.31. The van der Waals surface area contributed by atoms with E-state index in [9.17, 15) is 4.79 Å². The number of allylic oxidation sites excluding steroid dienone is 1. The van der Waals surface area contributed by atoms with Gasteiger partial charge in [-0.05, 0) is 23.8 Å². The van der Waals surface area contributed by atoms with Crippen molar-refractivity contribution >= 4 is 22.8 Å².